The first-order valence-corrected chi connectivity index (χ1v) is 13.8. The van der Waals surface area contributed by atoms with Crippen LogP contribution >= 0.6 is 11.6 Å². The number of aromatic nitrogens is 5. The Balaban J connectivity index is 1.40. The van der Waals surface area contributed by atoms with Gasteiger partial charge >= 0.3 is 0 Å². The van der Waals surface area contributed by atoms with Crippen molar-refractivity contribution >= 4 is 40.0 Å². The van der Waals surface area contributed by atoms with Gasteiger partial charge in [0.2, 0.25) is 11.7 Å². The van der Waals surface area contributed by atoms with Crippen molar-refractivity contribution < 1.29 is 14.0 Å². The number of rotatable bonds is 9. The molecule has 11 heteroatoms. The van der Waals surface area contributed by atoms with Crippen LogP contribution in [0.2, 0.25) is 5.02 Å². The first-order chi connectivity index (χ1) is 21.0. The Hall–Kier alpha value is -5.35. The van der Waals surface area contributed by atoms with E-state index in [2.05, 4.69) is 25.7 Å². The van der Waals surface area contributed by atoms with E-state index in [9.17, 15) is 9.59 Å². The lowest BCUT2D eigenvalue weighted by Crippen LogP contribution is -2.45. The van der Waals surface area contributed by atoms with Gasteiger partial charge in [0.1, 0.15) is 18.4 Å². The third kappa shape index (κ3) is 6.00. The smallest absolute Gasteiger partial charge is 0.251 e. The van der Waals surface area contributed by atoms with Crippen LogP contribution in [0.25, 0.3) is 22.3 Å². The fourth-order valence-electron chi connectivity index (χ4n) is 4.89. The number of hydrogen-bond acceptors (Lipinski definition) is 5. The van der Waals surface area contributed by atoms with E-state index in [0.717, 1.165) is 26.2 Å². The molecule has 0 saturated heterocycles. The van der Waals surface area contributed by atoms with Gasteiger partial charge in [-0.3, -0.25) is 14.5 Å². The van der Waals surface area contributed by atoms with Crippen LogP contribution in [0.5, 0.6) is 0 Å². The number of nitrogens with zero attached hydrogens (tertiary/aromatic N) is 5. The third-order valence-electron chi connectivity index (χ3n) is 6.94. The molecular formula is C32H25ClFN7O2. The van der Waals surface area contributed by atoms with Crippen molar-refractivity contribution in [2.75, 3.05) is 4.90 Å². The van der Waals surface area contributed by atoms with Crippen LogP contribution in [0.3, 0.4) is 0 Å². The first-order valence-electron chi connectivity index (χ1n) is 13.5. The van der Waals surface area contributed by atoms with Gasteiger partial charge in [-0.1, -0.05) is 72.3 Å². The number of aromatic amines is 1. The molecule has 6 aromatic rings. The molecule has 43 heavy (non-hydrogen) atoms. The van der Waals surface area contributed by atoms with Gasteiger partial charge < -0.3 is 10.3 Å². The number of carbonyl (C=O) groups is 2. The first kappa shape index (κ1) is 27.8. The number of carbonyl (C=O) groups excluding carboxylic acids is 2. The van der Waals surface area contributed by atoms with Gasteiger partial charge in [0.25, 0.3) is 5.91 Å². The monoisotopic (exact) mass is 593 g/mol. The molecule has 2 heterocycles. The number of nitrogens with one attached hydrogen (secondary N) is 2. The molecule has 0 aliphatic carbocycles. The molecule has 0 aliphatic rings. The lowest BCUT2D eigenvalue weighted by Gasteiger charge is -2.31. The van der Waals surface area contributed by atoms with Crippen LogP contribution in [0.15, 0.2) is 109 Å². The Bertz CT molecular complexity index is 1890. The summed E-state index contributed by atoms with van der Waals surface area (Å²) in [5.41, 5.74) is 2.75. The van der Waals surface area contributed by atoms with Gasteiger partial charge in [0.15, 0.2) is 0 Å². The Morgan fingerprint density at radius 2 is 1.65 bits per heavy atom. The summed E-state index contributed by atoms with van der Waals surface area (Å²) in [6.45, 7) is -0.188. The second-order valence-electron chi connectivity index (χ2n) is 9.76. The number of anilines is 1. The second kappa shape index (κ2) is 12.3. The van der Waals surface area contributed by atoms with Gasteiger partial charge in [-0.15, -0.1) is 10.2 Å². The SMILES string of the molecule is O=C(NCc1ccccc1)[C@@H](c1c[nH]c2ccccc12)N(C(=O)Cn1nnc(-c2ccc(Cl)cc2)n1)c1ccccc1F. The van der Waals surface area contributed by atoms with Crippen LogP contribution in [0, 0.1) is 5.82 Å². The maximum Gasteiger partial charge on any atom is 0.251 e. The van der Waals surface area contributed by atoms with E-state index in [0.29, 0.717) is 16.1 Å². The van der Waals surface area contributed by atoms with Crippen LogP contribution in [-0.2, 0) is 22.7 Å². The summed E-state index contributed by atoms with van der Waals surface area (Å²) in [5, 5.41) is 16.7. The van der Waals surface area contributed by atoms with E-state index in [4.69, 9.17) is 11.6 Å². The fourth-order valence-corrected chi connectivity index (χ4v) is 5.01. The topological polar surface area (TPSA) is 109 Å². The Labute approximate surface area is 250 Å². The van der Waals surface area contributed by atoms with E-state index in [-0.39, 0.29) is 18.1 Å². The maximum absolute atomic E-state index is 15.4. The average Bonchev–Trinajstić information content (AvgIpc) is 3.67. The number of amides is 2. The van der Waals surface area contributed by atoms with Crippen molar-refractivity contribution in [1.29, 1.82) is 0 Å². The predicted octanol–water partition coefficient (Wildman–Crippen LogP) is 5.70. The number of para-hydroxylation sites is 2. The van der Waals surface area contributed by atoms with Crippen LogP contribution in [0.4, 0.5) is 10.1 Å². The van der Waals surface area contributed by atoms with Crippen LogP contribution in [-0.4, -0.2) is 37.0 Å². The maximum atomic E-state index is 15.4. The zero-order chi connectivity index (χ0) is 29.8. The molecule has 0 radical (unpaired) electrons. The molecular weight excluding hydrogens is 569 g/mol. The minimum absolute atomic E-state index is 0.0596. The number of H-pyrrole nitrogens is 1. The molecule has 4 aromatic carbocycles. The molecule has 2 N–H and O–H groups in total. The largest absolute Gasteiger partial charge is 0.361 e. The Kier molecular flexibility index (Phi) is 7.92. The minimum Gasteiger partial charge on any atom is -0.361 e. The molecule has 0 bridgehead atoms. The van der Waals surface area contributed by atoms with Gasteiger partial charge in [-0.25, -0.2) is 4.39 Å². The molecule has 0 fully saturated rings. The molecule has 214 valence electrons. The van der Waals surface area contributed by atoms with E-state index < -0.39 is 30.2 Å². The van der Waals surface area contributed by atoms with E-state index in [1.807, 2.05) is 54.6 Å². The van der Waals surface area contributed by atoms with Crippen molar-refractivity contribution in [1.82, 2.24) is 30.5 Å². The number of tetrazole rings is 1. The number of hydrogen-bond donors (Lipinski definition) is 2. The van der Waals surface area contributed by atoms with E-state index in [1.54, 1.807) is 36.5 Å². The number of benzene rings is 4. The molecule has 1 atom stereocenters. The highest BCUT2D eigenvalue weighted by atomic mass is 35.5. The van der Waals surface area contributed by atoms with Crippen molar-refractivity contribution in [3.63, 3.8) is 0 Å². The zero-order valence-electron chi connectivity index (χ0n) is 22.7. The summed E-state index contributed by atoms with van der Waals surface area (Å²) in [4.78, 5) is 33.6. The summed E-state index contributed by atoms with van der Waals surface area (Å²) in [6.07, 6.45) is 1.67. The molecule has 0 unspecified atom stereocenters. The summed E-state index contributed by atoms with van der Waals surface area (Å²) < 4.78 is 15.4. The second-order valence-corrected chi connectivity index (χ2v) is 10.2. The standard InChI is InChI=1S/C32H25ClFN7O2/c33-23-16-14-22(15-17-23)31-37-39-40(38-31)20-29(42)41(28-13-7-5-11-26(28)34)30(25-19-35-27-12-6-4-10-24(25)27)32(43)36-18-21-8-2-1-3-9-21/h1-17,19,30,35H,18,20H2,(H,36,43)/t30-/m1/s1. The molecule has 2 aromatic heterocycles. The van der Waals surface area contributed by atoms with E-state index >= 15 is 4.39 Å². The molecule has 0 saturated carbocycles. The highest BCUT2D eigenvalue weighted by Gasteiger charge is 2.36. The highest BCUT2D eigenvalue weighted by molar-refractivity contribution is 6.30. The molecule has 0 spiro atoms. The van der Waals surface area contributed by atoms with Crippen molar-refractivity contribution in [2.45, 2.75) is 19.1 Å². The lowest BCUT2D eigenvalue weighted by molar-refractivity contribution is -0.127. The normalized spacial score (nSPS) is 11.8. The molecule has 0 aliphatic heterocycles. The van der Waals surface area contributed by atoms with E-state index in [1.165, 1.54) is 18.2 Å². The zero-order valence-corrected chi connectivity index (χ0v) is 23.4. The summed E-state index contributed by atoms with van der Waals surface area (Å²) in [6, 6.07) is 28.3. The van der Waals surface area contributed by atoms with Gasteiger partial charge in [-0.05, 0) is 53.2 Å². The predicted molar refractivity (Wildman–Crippen MR) is 161 cm³/mol. The van der Waals surface area contributed by atoms with Gasteiger partial charge in [0, 0.05) is 39.8 Å². The van der Waals surface area contributed by atoms with Crippen LogP contribution in [0.1, 0.15) is 17.2 Å². The Morgan fingerprint density at radius 1 is 0.930 bits per heavy atom. The molecule has 6 rings (SSSR count). The number of fused-ring (bicyclic) bond motifs is 1. The van der Waals surface area contributed by atoms with Crippen molar-refractivity contribution in [3.8, 4) is 11.4 Å². The van der Waals surface area contributed by atoms with Gasteiger partial charge in [-0.2, -0.15) is 4.80 Å². The Morgan fingerprint density at radius 3 is 2.44 bits per heavy atom. The minimum atomic E-state index is -1.23. The quantitative estimate of drug-likeness (QED) is 0.223. The number of halogens is 2. The van der Waals surface area contributed by atoms with Crippen molar-refractivity contribution in [2.24, 2.45) is 0 Å². The fraction of sp³-hybridized carbons (Fsp3) is 0.0938. The third-order valence-corrected chi connectivity index (χ3v) is 7.20. The van der Waals surface area contributed by atoms with Crippen LogP contribution < -0.4 is 10.2 Å². The summed E-state index contributed by atoms with van der Waals surface area (Å²) in [5.74, 6) is -1.48. The highest BCUT2D eigenvalue weighted by Crippen LogP contribution is 2.34. The average molecular weight is 594 g/mol. The lowest BCUT2D eigenvalue weighted by atomic mass is 10.0. The summed E-state index contributed by atoms with van der Waals surface area (Å²) >= 11 is 5.99. The molecule has 9 nitrogen and oxygen atoms in total. The van der Waals surface area contributed by atoms with Crippen molar-refractivity contribution in [3.05, 3.63) is 131 Å². The van der Waals surface area contributed by atoms with Gasteiger partial charge in [0.05, 0.1) is 5.69 Å². The molecule has 2 amide bonds. The summed E-state index contributed by atoms with van der Waals surface area (Å²) in [7, 11) is 0.